The highest BCUT2D eigenvalue weighted by molar-refractivity contribution is 5.88. The average molecular weight is 286 g/mol. The summed E-state index contributed by atoms with van der Waals surface area (Å²) in [5, 5.41) is 10.7. The van der Waals surface area contributed by atoms with Crippen molar-refractivity contribution in [2.45, 2.75) is 19.5 Å². The van der Waals surface area contributed by atoms with Crippen molar-refractivity contribution in [1.29, 1.82) is 5.26 Å². The lowest BCUT2D eigenvalue weighted by molar-refractivity contribution is -0.137. The van der Waals surface area contributed by atoms with Crippen LogP contribution in [-0.4, -0.2) is 29.0 Å². The van der Waals surface area contributed by atoms with Crippen LogP contribution < -0.4 is 5.32 Å². The van der Waals surface area contributed by atoms with Crippen molar-refractivity contribution in [2.75, 3.05) is 18.4 Å². The molecule has 5 nitrogen and oxygen atoms in total. The molecule has 0 saturated carbocycles. The van der Waals surface area contributed by atoms with Gasteiger partial charge in [-0.2, -0.15) is 18.4 Å². The number of nitriles is 1. The third-order valence-electron chi connectivity index (χ3n) is 2.48. The van der Waals surface area contributed by atoms with Gasteiger partial charge in [0.05, 0.1) is 18.1 Å². The predicted octanol–water partition coefficient (Wildman–Crippen LogP) is 2.87. The van der Waals surface area contributed by atoms with Gasteiger partial charge >= 0.3 is 12.2 Å². The zero-order valence-electron chi connectivity index (χ0n) is 10.7. The van der Waals surface area contributed by atoms with Crippen LogP contribution in [0.3, 0.4) is 0 Å². The van der Waals surface area contributed by atoms with E-state index in [0.29, 0.717) is 6.54 Å². The minimum atomic E-state index is -4.49. The predicted molar refractivity (Wildman–Crippen MR) is 65.7 cm³/mol. The summed E-state index contributed by atoms with van der Waals surface area (Å²) in [5.41, 5.74) is -0.886. The summed E-state index contributed by atoms with van der Waals surface area (Å²) >= 11 is 0. The van der Waals surface area contributed by atoms with E-state index < -0.39 is 17.8 Å². The monoisotopic (exact) mass is 286 g/mol. The number of aromatic nitrogens is 1. The van der Waals surface area contributed by atoms with E-state index in [-0.39, 0.29) is 18.8 Å². The van der Waals surface area contributed by atoms with E-state index in [0.717, 1.165) is 18.3 Å². The maximum atomic E-state index is 12.5. The summed E-state index contributed by atoms with van der Waals surface area (Å²) in [6.07, 6.45) is -3.37. The van der Waals surface area contributed by atoms with Crippen LogP contribution in [-0.2, 0) is 6.18 Å². The lowest BCUT2D eigenvalue weighted by Gasteiger charge is -2.19. The van der Waals surface area contributed by atoms with Crippen molar-refractivity contribution in [2.24, 2.45) is 0 Å². The second-order valence-corrected chi connectivity index (χ2v) is 3.85. The minimum absolute atomic E-state index is 0.150. The van der Waals surface area contributed by atoms with Crippen LogP contribution in [0.25, 0.3) is 0 Å². The van der Waals surface area contributed by atoms with Crippen LogP contribution in [0.4, 0.5) is 23.8 Å². The molecule has 1 aromatic rings. The molecule has 1 rings (SSSR count). The second-order valence-electron chi connectivity index (χ2n) is 3.85. The van der Waals surface area contributed by atoms with Gasteiger partial charge in [-0.15, -0.1) is 0 Å². The molecule has 0 aromatic carbocycles. The van der Waals surface area contributed by atoms with Crippen molar-refractivity contribution in [3.05, 3.63) is 23.9 Å². The summed E-state index contributed by atoms with van der Waals surface area (Å²) in [5.74, 6) is -0.180. The smallest absolute Gasteiger partial charge is 0.324 e. The second kappa shape index (κ2) is 6.75. The van der Waals surface area contributed by atoms with Gasteiger partial charge in [0.2, 0.25) is 0 Å². The highest BCUT2D eigenvalue weighted by atomic mass is 19.4. The summed E-state index contributed by atoms with van der Waals surface area (Å²) in [6, 6.07) is 2.89. The summed E-state index contributed by atoms with van der Waals surface area (Å²) < 4.78 is 37.5. The van der Waals surface area contributed by atoms with E-state index in [1.807, 2.05) is 6.07 Å². The molecule has 0 unspecified atom stereocenters. The Hall–Kier alpha value is -2.30. The molecule has 0 radical (unpaired) electrons. The molecular formula is C12H13F3N4O. The lowest BCUT2D eigenvalue weighted by atomic mass is 10.2. The number of hydrogen-bond donors (Lipinski definition) is 1. The quantitative estimate of drug-likeness (QED) is 0.925. The highest BCUT2D eigenvalue weighted by Gasteiger charge is 2.30. The number of carbonyl (C=O) groups excluding carboxylic acids is 1. The topological polar surface area (TPSA) is 69.0 Å². The molecule has 0 atom stereocenters. The third kappa shape index (κ3) is 4.42. The Morgan fingerprint density at radius 2 is 2.25 bits per heavy atom. The highest BCUT2D eigenvalue weighted by Crippen LogP contribution is 2.29. The fourth-order valence-corrected chi connectivity index (χ4v) is 1.45. The number of nitrogens with one attached hydrogen (secondary N) is 1. The number of pyridine rings is 1. The van der Waals surface area contributed by atoms with Gasteiger partial charge in [-0.3, -0.25) is 5.32 Å². The molecule has 1 N–H and O–H groups in total. The van der Waals surface area contributed by atoms with Crippen LogP contribution in [0.15, 0.2) is 18.3 Å². The molecule has 20 heavy (non-hydrogen) atoms. The summed E-state index contributed by atoms with van der Waals surface area (Å²) in [7, 11) is 0. The molecule has 0 spiro atoms. The van der Waals surface area contributed by atoms with Crippen LogP contribution in [0, 0.1) is 11.3 Å². The molecule has 0 saturated heterocycles. The van der Waals surface area contributed by atoms with Crippen molar-refractivity contribution < 1.29 is 18.0 Å². The number of nitrogens with zero attached hydrogens (tertiary/aromatic N) is 3. The SMILES string of the molecule is CCN(CCC#N)C(=O)Nc1cc(C(F)(F)F)ccn1. The van der Waals surface area contributed by atoms with E-state index in [1.54, 1.807) is 6.92 Å². The van der Waals surface area contributed by atoms with Gasteiger partial charge in [0, 0.05) is 19.3 Å². The van der Waals surface area contributed by atoms with Crippen LogP contribution in [0.2, 0.25) is 0 Å². The first-order valence-corrected chi connectivity index (χ1v) is 5.84. The standard InChI is InChI=1S/C12H13F3N4O/c1-2-19(7-3-5-16)11(20)18-10-8-9(4-6-17-10)12(13,14)15/h4,6,8H,2-3,7H2,1H3,(H,17,18,20). The molecule has 1 heterocycles. The van der Waals surface area contributed by atoms with Gasteiger partial charge in [-0.1, -0.05) is 0 Å². The Bertz CT molecular complexity index is 510. The van der Waals surface area contributed by atoms with E-state index in [4.69, 9.17) is 5.26 Å². The fraction of sp³-hybridized carbons (Fsp3) is 0.417. The van der Waals surface area contributed by atoms with Gasteiger partial charge in [-0.05, 0) is 19.1 Å². The number of urea groups is 1. The zero-order chi connectivity index (χ0) is 15.2. The average Bonchev–Trinajstić information content (AvgIpc) is 2.39. The van der Waals surface area contributed by atoms with E-state index in [9.17, 15) is 18.0 Å². The Labute approximate surface area is 114 Å². The molecular weight excluding hydrogens is 273 g/mol. The largest absolute Gasteiger partial charge is 0.416 e. The van der Waals surface area contributed by atoms with Crippen LogP contribution in [0.5, 0.6) is 0 Å². The minimum Gasteiger partial charge on any atom is -0.324 e. The lowest BCUT2D eigenvalue weighted by Crippen LogP contribution is -2.35. The van der Waals surface area contributed by atoms with E-state index >= 15 is 0 Å². The number of amides is 2. The molecule has 1 aromatic heterocycles. The van der Waals surface area contributed by atoms with Gasteiger partial charge < -0.3 is 4.90 Å². The van der Waals surface area contributed by atoms with E-state index in [1.165, 1.54) is 4.90 Å². The number of hydrogen-bond acceptors (Lipinski definition) is 3. The van der Waals surface area contributed by atoms with Crippen LogP contribution >= 0.6 is 0 Å². The van der Waals surface area contributed by atoms with Crippen molar-refractivity contribution in [3.63, 3.8) is 0 Å². The molecule has 0 aliphatic heterocycles. The van der Waals surface area contributed by atoms with Gasteiger partial charge in [-0.25, -0.2) is 9.78 Å². The Kier molecular flexibility index (Phi) is 5.32. The Balaban J connectivity index is 2.77. The van der Waals surface area contributed by atoms with Crippen molar-refractivity contribution in [3.8, 4) is 6.07 Å². The zero-order valence-corrected chi connectivity index (χ0v) is 10.7. The number of alkyl halides is 3. The van der Waals surface area contributed by atoms with Crippen molar-refractivity contribution in [1.82, 2.24) is 9.88 Å². The van der Waals surface area contributed by atoms with Crippen molar-refractivity contribution >= 4 is 11.8 Å². The van der Waals surface area contributed by atoms with Gasteiger partial charge in [0.1, 0.15) is 5.82 Å². The maximum absolute atomic E-state index is 12.5. The van der Waals surface area contributed by atoms with Gasteiger partial charge in [0.25, 0.3) is 0 Å². The number of anilines is 1. The summed E-state index contributed by atoms with van der Waals surface area (Å²) in [4.78, 5) is 16.8. The first-order chi connectivity index (χ1) is 9.38. The number of rotatable bonds is 4. The van der Waals surface area contributed by atoms with E-state index in [2.05, 4.69) is 10.3 Å². The number of halogens is 3. The number of carbonyl (C=O) groups is 1. The molecule has 0 bridgehead atoms. The molecule has 0 aliphatic carbocycles. The third-order valence-corrected chi connectivity index (χ3v) is 2.48. The normalized spacial score (nSPS) is 10.8. The molecule has 2 amide bonds. The molecule has 108 valence electrons. The maximum Gasteiger partial charge on any atom is 0.416 e. The first-order valence-electron chi connectivity index (χ1n) is 5.84. The summed E-state index contributed by atoms with van der Waals surface area (Å²) in [6.45, 7) is 2.25. The Morgan fingerprint density at radius 3 is 2.80 bits per heavy atom. The van der Waals surface area contributed by atoms with Gasteiger partial charge in [0.15, 0.2) is 0 Å². The molecule has 0 aliphatic rings. The molecule has 8 heteroatoms. The Morgan fingerprint density at radius 1 is 1.55 bits per heavy atom. The fourth-order valence-electron chi connectivity index (χ4n) is 1.45. The first kappa shape index (κ1) is 15.8. The van der Waals surface area contributed by atoms with Crippen LogP contribution in [0.1, 0.15) is 18.9 Å². The molecule has 0 fully saturated rings.